The van der Waals surface area contributed by atoms with Crippen molar-refractivity contribution in [2.24, 2.45) is 0 Å². The van der Waals surface area contributed by atoms with Crippen LogP contribution in [0.1, 0.15) is 19.3 Å². The minimum Gasteiger partial charge on any atom is -0.480 e. The van der Waals surface area contributed by atoms with Crippen LogP contribution < -0.4 is 10.6 Å². The number of methoxy groups -OCH3 is 1. The molecule has 20 heavy (non-hydrogen) atoms. The van der Waals surface area contributed by atoms with E-state index in [9.17, 15) is 14.4 Å². The first kappa shape index (κ1) is 14.6. The van der Waals surface area contributed by atoms with E-state index in [1.165, 1.54) is 12.0 Å². The Balaban J connectivity index is 1.87. The molecular formula is C12H19N3O5. The van der Waals surface area contributed by atoms with Crippen LogP contribution in [-0.2, 0) is 14.3 Å². The van der Waals surface area contributed by atoms with Gasteiger partial charge >= 0.3 is 12.0 Å². The number of carboxylic acid groups (broad SMARTS) is 1. The average Bonchev–Trinajstić information content (AvgIpc) is 3.02. The fourth-order valence-electron chi connectivity index (χ4n) is 2.57. The van der Waals surface area contributed by atoms with Gasteiger partial charge in [-0.05, 0) is 6.42 Å². The van der Waals surface area contributed by atoms with Crippen molar-refractivity contribution in [2.45, 2.75) is 37.5 Å². The fourth-order valence-corrected chi connectivity index (χ4v) is 2.57. The lowest BCUT2D eigenvalue weighted by Crippen LogP contribution is -2.49. The highest BCUT2D eigenvalue weighted by molar-refractivity contribution is 5.83. The molecule has 3 unspecified atom stereocenters. The molecule has 0 saturated carbocycles. The number of hydrogen-bond acceptors (Lipinski definition) is 4. The SMILES string of the molecule is COC1CC(C(=O)O)N(C(=O)NCC2CCC(=O)N2)C1. The standard InChI is InChI=1S/C12H19N3O5/c1-20-8-4-9(11(17)18)15(6-8)12(19)13-5-7-2-3-10(16)14-7/h7-9H,2-6H2,1H3,(H,13,19)(H,14,16)(H,17,18). The Kier molecular flexibility index (Phi) is 4.43. The molecule has 0 aromatic heterocycles. The van der Waals surface area contributed by atoms with Gasteiger partial charge in [0.1, 0.15) is 6.04 Å². The summed E-state index contributed by atoms with van der Waals surface area (Å²) in [4.78, 5) is 35.5. The molecule has 0 aliphatic carbocycles. The van der Waals surface area contributed by atoms with Crippen molar-refractivity contribution >= 4 is 17.9 Å². The summed E-state index contributed by atoms with van der Waals surface area (Å²) in [5.41, 5.74) is 0. The van der Waals surface area contributed by atoms with Gasteiger partial charge in [-0.2, -0.15) is 0 Å². The molecule has 8 nitrogen and oxygen atoms in total. The van der Waals surface area contributed by atoms with Gasteiger partial charge in [0.25, 0.3) is 0 Å². The van der Waals surface area contributed by atoms with E-state index in [-0.39, 0.29) is 24.6 Å². The third-order valence-electron chi connectivity index (χ3n) is 3.73. The van der Waals surface area contributed by atoms with Crippen molar-refractivity contribution in [1.29, 1.82) is 0 Å². The third kappa shape index (κ3) is 3.19. The van der Waals surface area contributed by atoms with Gasteiger partial charge in [0.2, 0.25) is 5.91 Å². The number of aliphatic carboxylic acids is 1. The van der Waals surface area contributed by atoms with E-state index in [1.54, 1.807) is 0 Å². The van der Waals surface area contributed by atoms with E-state index in [4.69, 9.17) is 9.84 Å². The molecule has 0 spiro atoms. The van der Waals surface area contributed by atoms with Crippen molar-refractivity contribution in [1.82, 2.24) is 15.5 Å². The maximum atomic E-state index is 12.0. The molecule has 112 valence electrons. The van der Waals surface area contributed by atoms with Gasteiger partial charge in [-0.15, -0.1) is 0 Å². The number of carbonyl (C=O) groups is 3. The summed E-state index contributed by atoms with van der Waals surface area (Å²) in [6.45, 7) is 0.571. The number of ether oxygens (including phenoxy) is 1. The van der Waals surface area contributed by atoms with E-state index < -0.39 is 18.0 Å². The Labute approximate surface area is 116 Å². The zero-order valence-corrected chi connectivity index (χ0v) is 11.3. The van der Waals surface area contributed by atoms with Gasteiger partial charge in [-0.25, -0.2) is 9.59 Å². The van der Waals surface area contributed by atoms with Gasteiger partial charge in [-0.1, -0.05) is 0 Å². The molecule has 2 aliphatic heterocycles. The lowest BCUT2D eigenvalue weighted by molar-refractivity contribution is -0.141. The monoisotopic (exact) mass is 285 g/mol. The summed E-state index contributed by atoms with van der Waals surface area (Å²) in [6, 6.07) is -1.37. The van der Waals surface area contributed by atoms with Crippen LogP contribution in [0.15, 0.2) is 0 Å². The van der Waals surface area contributed by atoms with Gasteiger partial charge in [-0.3, -0.25) is 4.79 Å². The number of hydrogen-bond donors (Lipinski definition) is 3. The highest BCUT2D eigenvalue weighted by Gasteiger charge is 2.40. The van der Waals surface area contributed by atoms with Crippen LogP contribution in [0.5, 0.6) is 0 Å². The van der Waals surface area contributed by atoms with Crippen molar-refractivity contribution in [3.05, 3.63) is 0 Å². The third-order valence-corrected chi connectivity index (χ3v) is 3.73. The molecule has 0 bridgehead atoms. The van der Waals surface area contributed by atoms with Gasteiger partial charge in [0, 0.05) is 39.1 Å². The predicted molar refractivity (Wildman–Crippen MR) is 68.1 cm³/mol. The zero-order valence-electron chi connectivity index (χ0n) is 11.3. The summed E-state index contributed by atoms with van der Waals surface area (Å²) in [5, 5.41) is 14.5. The topological polar surface area (TPSA) is 108 Å². The van der Waals surface area contributed by atoms with Crippen LogP contribution in [0.25, 0.3) is 0 Å². The number of nitrogens with zero attached hydrogens (tertiary/aromatic N) is 1. The first-order chi connectivity index (χ1) is 9.51. The number of carbonyl (C=O) groups excluding carboxylic acids is 2. The van der Waals surface area contributed by atoms with Crippen molar-refractivity contribution in [3.8, 4) is 0 Å². The quantitative estimate of drug-likeness (QED) is 0.623. The van der Waals surface area contributed by atoms with Crippen LogP contribution in [0.2, 0.25) is 0 Å². The lowest BCUT2D eigenvalue weighted by atomic mass is 10.2. The molecule has 3 N–H and O–H groups in total. The van der Waals surface area contributed by atoms with Crippen molar-refractivity contribution < 1.29 is 24.2 Å². The maximum Gasteiger partial charge on any atom is 0.326 e. The number of rotatable bonds is 4. The molecule has 0 aromatic carbocycles. The minimum absolute atomic E-state index is 0.0201. The van der Waals surface area contributed by atoms with Gasteiger partial charge in [0.15, 0.2) is 0 Å². The van der Waals surface area contributed by atoms with Crippen LogP contribution >= 0.6 is 0 Å². The maximum absolute atomic E-state index is 12.0. The lowest BCUT2D eigenvalue weighted by Gasteiger charge is -2.22. The molecule has 3 amide bonds. The second kappa shape index (κ2) is 6.08. The minimum atomic E-state index is -1.03. The number of urea groups is 1. The Hall–Kier alpha value is -1.83. The first-order valence-corrected chi connectivity index (χ1v) is 6.60. The molecule has 0 radical (unpaired) electrons. The Morgan fingerprint density at radius 2 is 2.30 bits per heavy atom. The molecule has 0 aromatic rings. The fraction of sp³-hybridized carbons (Fsp3) is 0.750. The van der Waals surface area contributed by atoms with Crippen LogP contribution in [0, 0.1) is 0 Å². The number of likely N-dealkylation sites (tertiary alicyclic amines) is 1. The van der Waals surface area contributed by atoms with E-state index in [0.29, 0.717) is 25.8 Å². The van der Waals surface area contributed by atoms with Crippen molar-refractivity contribution in [2.75, 3.05) is 20.2 Å². The summed E-state index contributed by atoms with van der Waals surface area (Å²) in [7, 11) is 1.50. The van der Waals surface area contributed by atoms with Crippen LogP contribution in [0.4, 0.5) is 4.79 Å². The molecule has 2 fully saturated rings. The Bertz CT molecular complexity index is 414. The number of carboxylic acids is 1. The Morgan fingerprint density at radius 1 is 1.55 bits per heavy atom. The summed E-state index contributed by atoms with van der Waals surface area (Å²) < 4.78 is 5.12. The molecule has 3 atom stereocenters. The largest absolute Gasteiger partial charge is 0.480 e. The summed E-state index contributed by atoms with van der Waals surface area (Å²) in [5.74, 6) is -1.05. The average molecular weight is 285 g/mol. The van der Waals surface area contributed by atoms with E-state index in [0.717, 1.165) is 0 Å². The highest BCUT2D eigenvalue weighted by Crippen LogP contribution is 2.20. The molecular weight excluding hydrogens is 266 g/mol. The van der Waals surface area contributed by atoms with Crippen molar-refractivity contribution in [3.63, 3.8) is 0 Å². The smallest absolute Gasteiger partial charge is 0.326 e. The van der Waals surface area contributed by atoms with E-state index in [1.807, 2.05) is 0 Å². The number of amides is 3. The number of nitrogens with one attached hydrogen (secondary N) is 2. The Morgan fingerprint density at radius 3 is 2.85 bits per heavy atom. The van der Waals surface area contributed by atoms with Crippen LogP contribution in [0.3, 0.4) is 0 Å². The normalized spacial score (nSPS) is 29.4. The summed E-state index contributed by atoms with van der Waals surface area (Å²) in [6.07, 6.45) is 1.18. The van der Waals surface area contributed by atoms with Gasteiger partial charge in [0.05, 0.1) is 6.10 Å². The van der Waals surface area contributed by atoms with Gasteiger partial charge < -0.3 is 25.4 Å². The molecule has 2 aliphatic rings. The van der Waals surface area contributed by atoms with E-state index >= 15 is 0 Å². The first-order valence-electron chi connectivity index (χ1n) is 6.60. The molecule has 2 saturated heterocycles. The highest BCUT2D eigenvalue weighted by atomic mass is 16.5. The summed E-state index contributed by atoms with van der Waals surface area (Å²) >= 11 is 0. The molecule has 8 heteroatoms. The van der Waals surface area contributed by atoms with Crippen LogP contribution in [-0.4, -0.2) is 66.3 Å². The predicted octanol–water partition coefficient (Wildman–Crippen LogP) is -0.851. The molecule has 2 rings (SSSR count). The van der Waals surface area contributed by atoms with E-state index in [2.05, 4.69) is 10.6 Å². The zero-order chi connectivity index (χ0) is 14.7. The second-order valence-corrected chi connectivity index (χ2v) is 5.09. The second-order valence-electron chi connectivity index (χ2n) is 5.09. The molecule has 2 heterocycles.